The predicted molar refractivity (Wildman–Crippen MR) is 106 cm³/mol. The van der Waals surface area contributed by atoms with Gasteiger partial charge in [-0.05, 0) is 58.8 Å². The Bertz CT molecular complexity index is 1000. The molecular formula is C21H17FN2O3S. The van der Waals surface area contributed by atoms with Crippen molar-refractivity contribution in [1.29, 1.82) is 0 Å². The van der Waals surface area contributed by atoms with Crippen LogP contribution in [0.4, 0.5) is 15.8 Å². The first kappa shape index (κ1) is 18.2. The second-order valence-electron chi connectivity index (χ2n) is 6.30. The summed E-state index contributed by atoms with van der Waals surface area (Å²) in [5, 5.41) is 3.68. The molecule has 0 spiro atoms. The van der Waals surface area contributed by atoms with Gasteiger partial charge in [-0.25, -0.2) is 4.39 Å². The summed E-state index contributed by atoms with van der Waals surface area (Å²) in [5.41, 5.74) is 1.39. The molecule has 1 atom stereocenters. The number of benzene rings is 2. The van der Waals surface area contributed by atoms with Crippen molar-refractivity contribution in [1.82, 2.24) is 0 Å². The van der Waals surface area contributed by atoms with Crippen molar-refractivity contribution in [3.63, 3.8) is 0 Å². The van der Waals surface area contributed by atoms with Crippen molar-refractivity contribution in [2.45, 2.75) is 6.04 Å². The highest BCUT2D eigenvalue weighted by atomic mass is 32.1. The first-order chi connectivity index (χ1) is 13.6. The van der Waals surface area contributed by atoms with Crippen molar-refractivity contribution in [3.8, 4) is 5.75 Å². The van der Waals surface area contributed by atoms with Crippen LogP contribution in [0.5, 0.6) is 5.75 Å². The molecule has 1 aliphatic heterocycles. The maximum absolute atomic E-state index is 14.3. The second-order valence-corrected chi connectivity index (χ2v) is 7.08. The quantitative estimate of drug-likeness (QED) is 0.669. The smallest absolute Gasteiger partial charge is 0.255 e. The van der Waals surface area contributed by atoms with Gasteiger partial charge >= 0.3 is 0 Å². The van der Waals surface area contributed by atoms with Gasteiger partial charge in [0.1, 0.15) is 24.2 Å². The van der Waals surface area contributed by atoms with Gasteiger partial charge in [-0.2, -0.15) is 11.3 Å². The van der Waals surface area contributed by atoms with Crippen LogP contribution in [0.2, 0.25) is 0 Å². The summed E-state index contributed by atoms with van der Waals surface area (Å²) in [6, 6.07) is 13.9. The minimum Gasteiger partial charge on any atom is -0.497 e. The standard InChI is InChI=1S/C21H17FN2O3S/c1-27-16-8-6-15(7-9-16)24-19(25)12-23(18-5-3-2-4-17(18)22)21(26)20(24)14-10-11-28-13-14/h2-11,13,20H,12H2,1H3. The van der Waals surface area contributed by atoms with E-state index in [4.69, 9.17) is 4.74 Å². The number of carbonyl (C=O) groups is 2. The maximum Gasteiger partial charge on any atom is 0.255 e. The molecule has 2 heterocycles. The number of hydrogen-bond acceptors (Lipinski definition) is 4. The van der Waals surface area contributed by atoms with Crippen LogP contribution in [0, 0.1) is 5.82 Å². The fourth-order valence-electron chi connectivity index (χ4n) is 3.32. The number of piperazine rings is 1. The molecule has 1 aromatic heterocycles. The molecule has 0 bridgehead atoms. The van der Waals surface area contributed by atoms with E-state index in [0.29, 0.717) is 17.0 Å². The van der Waals surface area contributed by atoms with E-state index in [2.05, 4.69) is 0 Å². The number of halogens is 1. The molecule has 0 N–H and O–H groups in total. The van der Waals surface area contributed by atoms with Crippen molar-refractivity contribution in [3.05, 3.63) is 76.7 Å². The summed E-state index contributed by atoms with van der Waals surface area (Å²) in [7, 11) is 1.56. The number of rotatable bonds is 4. The monoisotopic (exact) mass is 396 g/mol. The Kier molecular flexibility index (Phi) is 4.83. The molecule has 0 radical (unpaired) electrons. The zero-order valence-electron chi connectivity index (χ0n) is 15.0. The minimum atomic E-state index is -0.861. The van der Waals surface area contributed by atoms with Crippen LogP contribution in [0.15, 0.2) is 65.4 Å². The van der Waals surface area contributed by atoms with E-state index in [1.807, 2.05) is 16.8 Å². The van der Waals surface area contributed by atoms with Crippen LogP contribution in [0.25, 0.3) is 0 Å². The van der Waals surface area contributed by atoms with E-state index in [1.54, 1.807) is 43.5 Å². The van der Waals surface area contributed by atoms with E-state index in [0.717, 1.165) is 0 Å². The van der Waals surface area contributed by atoms with E-state index in [9.17, 15) is 14.0 Å². The van der Waals surface area contributed by atoms with Gasteiger partial charge in [-0.1, -0.05) is 12.1 Å². The molecule has 1 unspecified atom stereocenters. The summed E-state index contributed by atoms with van der Waals surface area (Å²) >= 11 is 1.44. The number of ether oxygens (including phenoxy) is 1. The predicted octanol–water partition coefficient (Wildman–Crippen LogP) is 4.02. The molecule has 4 rings (SSSR count). The first-order valence-electron chi connectivity index (χ1n) is 8.64. The summed E-state index contributed by atoms with van der Waals surface area (Å²) in [4.78, 5) is 29.1. The van der Waals surface area contributed by atoms with Gasteiger partial charge in [-0.3, -0.25) is 19.4 Å². The average molecular weight is 396 g/mol. The normalized spacial score (nSPS) is 17.1. The maximum atomic E-state index is 14.3. The average Bonchev–Trinajstić information content (AvgIpc) is 3.24. The Morgan fingerprint density at radius 3 is 2.46 bits per heavy atom. The van der Waals surface area contributed by atoms with Crippen molar-refractivity contribution < 1.29 is 18.7 Å². The van der Waals surface area contributed by atoms with Gasteiger partial charge in [0.25, 0.3) is 5.91 Å². The number of hydrogen-bond donors (Lipinski definition) is 0. The van der Waals surface area contributed by atoms with Crippen LogP contribution in [-0.4, -0.2) is 25.5 Å². The number of carbonyl (C=O) groups excluding carboxylic acids is 2. The Morgan fingerprint density at radius 2 is 1.82 bits per heavy atom. The molecule has 1 aliphatic rings. The molecule has 0 saturated carbocycles. The minimum absolute atomic E-state index is 0.107. The molecule has 3 aromatic rings. The molecule has 0 aliphatic carbocycles. The highest BCUT2D eigenvalue weighted by Crippen LogP contribution is 2.36. The van der Waals surface area contributed by atoms with E-state index in [-0.39, 0.29) is 24.0 Å². The van der Waals surface area contributed by atoms with E-state index in [1.165, 1.54) is 33.3 Å². The van der Waals surface area contributed by atoms with Gasteiger partial charge in [0, 0.05) is 5.69 Å². The largest absolute Gasteiger partial charge is 0.497 e. The lowest BCUT2D eigenvalue weighted by Gasteiger charge is -2.40. The molecule has 1 fully saturated rings. The number of amides is 2. The summed E-state index contributed by atoms with van der Waals surface area (Å²) in [5.74, 6) is -0.520. The van der Waals surface area contributed by atoms with Crippen LogP contribution >= 0.6 is 11.3 Å². The van der Waals surface area contributed by atoms with Gasteiger partial charge in [0.2, 0.25) is 5.91 Å². The zero-order chi connectivity index (χ0) is 19.7. The number of thiophene rings is 1. The Hall–Kier alpha value is -3.19. The molecule has 5 nitrogen and oxygen atoms in total. The highest BCUT2D eigenvalue weighted by Gasteiger charge is 2.42. The zero-order valence-corrected chi connectivity index (χ0v) is 15.9. The summed E-state index contributed by atoms with van der Waals surface area (Å²) in [6.45, 7) is -0.230. The number of methoxy groups -OCH3 is 1. The molecular weight excluding hydrogens is 379 g/mol. The fourth-order valence-corrected chi connectivity index (χ4v) is 4.00. The molecule has 2 amide bonds. The first-order valence-corrected chi connectivity index (χ1v) is 9.58. The van der Waals surface area contributed by atoms with Crippen LogP contribution in [0.3, 0.4) is 0 Å². The SMILES string of the molecule is COc1ccc(N2C(=O)CN(c3ccccc3F)C(=O)C2c2ccsc2)cc1. The molecule has 1 saturated heterocycles. The van der Waals surface area contributed by atoms with Crippen molar-refractivity contribution in [2.24, 2.45) is 0 Å². The lowest BCUT2D eigenvalue weighted by atomic mass is 10.0. The Morgan fingerprint density at radius 1 is 1.07 bits per heavy atom. The van der Waals surface area contributed by atoms with Crippen molar-refractivity contribution >= 4 is 34.5 Å². The van der Waals surface area contributed by atoms with E-state index < -0.39 is 11.9 Å². The third-order valence-electron chi connectivity index (χ3n) is 4.67. The van der Waals surface area contributed by atoms with Gasteiger partial charge in [-0.15, -0.1) is 0 Å². The van der Waals surface area contributed by atoms with Crippen LogP contribution < -0.4 is 14.5 Å². The van der Waals surface area contributed by atoms with Crippen LogP contribution in [0.1, 0.15) is 11.6 Å². The molecule has 2 aromatic carbocycles. The summed E-state index contributed by atoms with van der Waals surface area (Å²) < 4.78 is 19.5. The fraction of sp³-hybridized carbons (Fsp3) is 0.143. The van der Waals surface area contributed by atoms with Gasteiger partial charge in [0.15, 0.2) is 0 Å². The van der Waals surface area contributed by atoms with Gasteiger partial charge < -0.3 is 4.74 Å². The Balaban J connectivity index is 1.78. The number of nitrogens with zero attached hydrogens (tertiary/aromatic N) is 2. The lowest BCUT2D eigenvalue weighted by molar-refractivity contribution is -0.128. The molecule has 28 heavy (non-hydrogen) atoms. The van der Waals surface area contributed by atoms with Crippen LogP contribution in [-0.2, 0) is 9.59 Å². The molecule has 142 valence electrons. The second kappa shape index (κ2) is 7.44. The topological polar surface area (TPSA) is 49.9 Å². The van der Waals surface area contributed by atoms with Crippen molar-refractivity contribution in [2.75, 3.05) is 23.5 Å². The number of para-hydroxylation sites is 1. The summed E-state index contributed by atoms with van der Waals surface area (Å²) in [6.07, 6.45) is 0. The molecule has 7 heteroatoms. The van der Waals surface area contributed by atoms with E-state index >= 15 is 0 Å². The third-order valence-corrected chi connectivity index (χ3v) is 5.37. The Labute approximate surface area is 165 Å². The van der Waals surface area contributed by atoms with Gasteiger partial charge in [0.05, 0.1) is 12.8 Å². The highest BCUT2D eigenvalue weighted by molar-refractivity contribution is 7.08. The third kappa shape index (κ3) is 3.14. The lowest BCUT2D eigenvalue weighted by Crippen LogP contribution is -2.56. The number of anilines is 2.